The topological polar surface area (TPSA) is 71.1 Å². The SMILES string of the molecule is CNC(=O)CNC(=O)Cc1ccc2ccccc2n1. The van der Waals surface area contributed by atoms with Crippen LogP contribution < -0.4 is 10.6 Å². The fraction of sp³-hybridized carbons (Fsp3) is 0.214. The molecule has 2 rings (SSSR count). The maximum Gasteiger partial charge on any atom is 0.239 e. The minimum Gasteiger partial charge on any atom is -0.358 e. The fourth-order valence-corrected chi connectivity index (χ4v) is 1.70. The maximum absolute atomic E-state index is 11.6. The summed E-state index contributed by atoms with van der Waals surface area (Å²) in [4.78, 5) is 27.0. The molecule has 1 aromatic carbocycles. The van der Waals surface area contributed by atoms with Gasteiger partial charge in [-0.1, -0.05) is 24.3 Å². The van der Waals surface area contributed by atoms with Gasteiger partial charge in [0.05, 0.1) is 24.2 Å². The van der Waals surface area contributed by atoms with E-state index in [1.165, 1.54) is 7.05 Å². The van der Waals surface area contributed by atoms with Crippen LogP contribution in [0.25, 0.3) is 10.9 Å². The van der Waals surface area contributed by atoms with Gasteiger partial charge in [0, 0.05) is 12.4 Å². The summed E-state index contributed by atoms with van der Waals surface area (Å²) in [6.07, 6.45) is 0.168. The second-order valence-corrected chi connectivity index (χ2v) is 4.12. The molecule has 0 bridgehead atoms. The molecule has 0 radical (unpaired) electrons. The van der Waals surface area contributed by atoms with Crippen LogP contribution in [-0.2, 0) is 16.0 Å². The molecule has 2 amide bonds. The van der Waals surface area contributed by atoms with Crippen LogP contribution in [0.3, 0.4) is 0 Å². The number of hydrogen-bond acceptors (Lipinski definition) is 3. The molecule has 0 fully saturated rings. The van der Waals surface area contributed by atoms with Gasteiger partial charge in [-0.15, -0.1) is 0 Å². The van der Waals surface area contributed by atoms with Crippen LogP contribution in [0.2, 0.25) is 0 Å². The van der Waals surface area contributed by atoms with E-state index in [2.05, 4.69) is 15.6 Å². The number of benzene rings is 1. The molecule has 5 nitrogen and oxygen atoms in total. The van der Waals surface area contributed by atoms with E-state index in [9.17, 15) is 9.59 Å². The van der Waals surface area contributed by atoms with E-state index in [1.54, 1.807) is 0 Å². The summed E-state index contributed by atoms with van der Waals surface area (Å²) in [5.41, 5.74) is 1.55. The highest BCUT2D eigenvalue weighted by molar-refractivity contribution is 5.86. The summed E-state index contributed by atoms with van der Waals surface area (Å²) < 4.78 is 0. The van der Waals surface area contributed by atoms with E-state index in [0.717, 1.165) is 10.9 Å². The van der Waals surface area contributed by atoms with Gasteiger partial charge in [0.1, 0.15) is 0 Å². The Morgan fingerprint density at radius 1 is 1.11 bits per heavy atom. The highest BCUT2D eigenvalue weighted by Crippen LogP contribution is 2.11. The lowest BCUT2D eigenvalue weighted by Crippen LogP contribution is -2.36. The summed E-state index contributed by atoms with van der Waals surface area (Å²) in [5, 5.41) is 6.02. The molecule has 0 aliphatic rings. The molecule has 0 aliphatic heterocycles. The van der Waals surface area contributed by atoms with E-state index < -0.39 is 0 Å². The number of amides is 2. The van der Waals surface area contributed by atoms with Crippen molar-refractivity contribution in [3.05, 3.63) is 42.1 Å². The zero-order valence-corrected chi connectivity index (χ0v) is 10.6. The van der Waals surface area contributed by atoms with Crippen molar-refractivity contribution in [2.24, 2.45) is 0 Å². The van der Waals surface area contributed by atoms with Gasteiger partial charge in [0.25, 0.3) is 0 Å². The quantitative estimate of drug-likeness (QED) is 0.844. The summed E-state index contributed by atoms with van der Waals surface area (Å²) >= 11 is 0. The Balaban J connectivity index is 2.01. The summed E-state index contributed by atoms with van der Waals surface area (Å²) in [7, 11) is 1.53. The Morgan fingerprint density at radius 2 is 1.89 bits per heavy atom. The van der Waals surface area contributed by atoms with Gasteiger partial charge in [-0.25, -0.2) is 0 Å². The maximum atomic E-state index is 11.6. The normalized spacial score (nSPS) is 10.2. The lowest BCUT2D eigenvalue weighted by molar-refractivity contribution is -0.125. The van der Waals surface area contributed by atoms with Gasteiger partial charge in [-0.3, -0.25) is 14.6 Å². The second-order valence-electron chi connectivity index (χ2n) is 4.12. The molecule has 0 saturated carbocycles. The first kappa shape index (κ1) is 13.0. The molecular formula is C14H15N3O2. The van der Waals surface area contributed by atoms with E-state index in [4.69, 9.17) is 0 Å². The van der Waals surface area contributed by atoms with Crippen molar-refractivity contribution in [2.75, 3.05) is 13.6 Å². The molecule has 0 spiro atoms. The van der Waals surface area contributed by atoms with Gasteiger partial charge in [0.2, 0.25) is 11.8 Å². The number of carbonyl (C=O) groups is 2. The summed E-state index contributed by atoms with van der Waals surface area (Å²) in [6.45, 7) is -0.0110. The van der Waals surface area contributed by atoms with E-state index in [0.29, 0.717) is 5.69 Å². The molecule has 2 aromatic rings. The molecule has 2 N–H and O–H groups in total. The second kappa shape index (κ2) is 5.95. The number of fused-ring (bicyclic) bond motifs is 1. The van der Waals surface area contributed by atoms with Crippen LogP contribution >= 0.6 is 0 Å². The smallest absolute Gasteiger partial charge is 0.239 e. The highest BCUT2D eigenvalue weighted by atomic mass is 16.2. The van der Waals surface area contributed by atoms with Crippen LogP contribution in [0, 0.1) is 0 Å². The van der Waals surface area contributed by atoms with Crippen LogP contribution in [0.5, 0.6) is 0 Å². The van der Waals surface area contributed by atoms with Crippen LogP contribution in [0.15, 0.2) is 36.4 Å². The number of aromatic nitrogens is 1. The zero-order valence-electron chi connectivity index (χ0n) is 10.6. The van der Waals surface area contributed by atoms with Gasteiger partial charge in [-0.05, 0) is 12.1 Å². The average Bonchev–Trinajstić information content (AvgIpc) is 2.44. The first-order valence-corrected chi connectivity index (χ1v) is 6.01. The van der Waals surface area contributed by atoms with Crippen molar-refractivity contribution < 1.29 is 9.59 Å². The number of likely N-dealkylation sites (N-methyl/N-ethyl adjacent to an activating group) is 1. The Hall–Kier alpha value is -2.43. The van der Waals surface area contributed by atoms with Gasteiger partial charge < -0.3 is 10.6 Å². The monoisotopic (exact) mass is 257 g/mol. The van der Waals surface area contributed by atoms with Gasteiger partial charge in [0.15, 0.2) is 0 Å². The molecule has 0 aliphatic carbocycles. The van der Waals surface area contributed by atoms with Crippen LogP contribution in [0.1, 0.15) is 5.69 Å². The fourth-order valence-electron chi connectivity index (χ4n) is 1.70. The predicted octanol–water partition coefficient (Wildman–Crippen LogP) is 0.639. The van der Waals surface area contributed by atoms with Crippen molar-refractivity contribution in [2.45, 2.75) is 6.42 Å². The van der Waals surface area contributed by atoms with Crippen molar-refractivity contribution in [1.82, 2.24) is 15.6 Å². The molecule has 0 atom stereocenters. The Labute approximate surface area is 111 Å². The number of nitrogens with one attached hydrogen (secondary N) is 2. The molecule has 1 heterocycles. The lowest BCUT2D eigenvalue weighted by Gasteiger charge is -2.05. The third-order valence-corrected chi connectivity index (χ3v) is 2.72. The summed E-state index contributed by atoms with van der Waals surface area (Å²) in [6, 6.07) is 11.5. The van der Waals surface area contributed by atoms with Crippen molar-refractivity contribution in [1.29, 1.82) is 0 Å². The number of carbonyl (C=O) groups excluding carboxylic acids is 2. The van der Waals surface area contributed by atoms with E-state index in [-0.39, 0.29) is 24.8 Å². The number of nitrogens with zero attached hydrogens (tertiary/aromatic N) is 1. The largest absolute Gasteiger partial charge is 0.358 e. The number of pyridine rings is 1. The third kappa shape index (κ3) is 3.51. The van der Waals surface area contributed by atoms with E-state index >= 15 is 0 Å². The molecular weight excluding hydrogens is 242 g/mol. The molecule has 0 saturated heterocycles. The van der Waals surface area contributed by atoms with Gasteiger partial charge >= 0.3 is 0 Å². The minimum atomic E-state index is -0.222. The molecule has 19 heavy (non-hydrogen) atoms. The third-order valence-electron chi connectivity index (χ3n) is 2.72. The lowest BCUT2D eigenvalue weighted by atomic mass is 10.2. The molecule has 5 heteroatoms. The van der Waals surface area contributed by atoms with Crippen molar-refractivity contribution >= 4 is 22.7 Å². The van der Waals surface area contributed by atoms with Crippen LogP contribution in [0.4, 0.5) is 0 Å². The van der Waals surface area contributed by atoms with Gasteiger partial charge in [-0.2, -0.15) is 0 Å². The Kier molecular flexibility index (Phi) is 4.07. The van der Waals surface area contributed by atoms with Crippen molar-refractivity contribution in [3.63, 3.8) is 0 Å². The van der Waals surface area contributed by atoms with Crippen molar-refractivity contribution in [3.8, 4) is 0 Å². The number of para-hydroxylation sites is 1. The number of hydrogen-bond donors (Lipinski definition) is 2. The van der Waals surface area contributed by atoms with E-state index in [1.807, 2.05) is 36.4 Å². The minimum absolute atomic E-state index is 0.0110. The average molecular weight is 257 g/mol. The highest BCUT2D eigenvalue weighted by Gasteiger charge is 2.06. The molecule has 1 aromatic heterocycles. The first-order valence-electron chi connectivity index (χ1n) is 6.01. The Bertz CT molecular complexity index is 610. The predicted molar refractivity (Wildman–Crippen MR) is 72.5 cm³/mol. The standard InChI is InChI=1S/C14H15N3O2/c1-15-14(19)9-16-13(18)8-11-7-6-10-4-2-3-5-12(10)17-11/h2-7H,8-9H2,1H3,(H,15,19)(H,16,18). The Morgan fingerprint density at radius 3 is 2.68 bits per heavy atom. The zero-order chi connectivity index (χ0) is 13.7. The first-order chi connectivity index (χ1) is 9.19. The van der Waals surface area contributed by atoms with Crippen LogP contribution in [-0.4, -0.2) is 30.4 Å². The molecule has 0 unspecified atom stereocenters. The number of rotatable bonds is 4. The molecule has 98 valence electrons. The summed E-state index contributed by atoms with van der Waals surface area (Å²) in [5.74, 6) is -0.439.